The van der Waals surface area contributed by atoms with E-state index in [1.54, 1.807) is 4.90 Å². The van der Waals surface area contributed by atoms with E-state index in [0.717, 1.165) is 31.9 Å². The number of fused-ring (bicyclic) bond motifs is 1. The van der Waals surface area contributed by atoms with Crippen molar-refractivity contribution in [1.82, 2.24) is 14.3 Å². The number of nitrogens with zero attached hydrogens (tertiary/aromatic N) is 3. The zero-order valence-electron chi connectivity index (χ0n) is 11.9. The molecule has 0 unspecified atom stereocenters. The van der Waals surface area contributed by atoms with E-state index in [9.17, 15) is 18.0 Å². The van der Waals surface area contributed by atoms with E-state index in [4.69, 9.17) is 0 Å². The topological polar surface area (TPSA) is 37.6 Å². The number of hydrogen-bond donors (Lipinski definition) is 0. The molecule has 0 aliphatic carbocycles. The highest BCUT2D eigenvalue weighted by molar-refractivity contribution is 5.94. The molecule has 0 saturated carbocycles. The fourth-order valence-corrected chi connectivity index (χ4v) is 2.71. The van der Waals surface area contributed by atoms with Crippen LogP contribution in [-0.4, -0.2) is 33.3 Å². The lowest BCUT2D eigenvalue weighted by atomic mass is 10.2. The predicted octanol–water partition coefficient (Wildman–Crippen LogP) is 3.37. The van der Waals surface area contributed by atoms with Crippen molar-refractivity contribution in [2.24, 2.45) is 0 Å². The van der Waals surface area contributed by atoms with E-state index in [1.807, 2.05) is 0 Å². The Kier molecular flexibility index (Phi) is 3.80. The lowest BCUT2D eigenvalue weighted by molar-refractivity contribution is -0.140. The molecule has 22 heavy (non-hydrogen) atoms. The van der Waals surface area contributed by atoms with Crippen LogP contribution in [0.1, 0.15) is 41.7 Å². The van der Waals surface area contributed by atoms with E-state index in [1.165, 1.54) is 22.7 Å². The number of rotatable bonds is 1. The number of pyridine rings is 1. The van der Waals surface area contributed by atoms with Crippen molar-refractivity contribution in [3.05, 3.63) is 35.8 Å². The Hall–Kier alpha value is -2.05. The number of imidazole rings is 1. The maximum absolute atomic E-state index is 12.7. The molecule has 7 heteroatoms. The number of halogens is 3. The van der Waals surface area contributed by atoms with E-state index < -0.39 is 11.9 Å². The minimum absolute atomic E-state index is 0.133. The molecule has 1 amide bonds. The first-order valence-corrected chi connectivity index (χ1v) is 7.30. The van der Waals surface area contributed by atoms with Gasteiger partial charge < -0.3 is 9.30 Å². The molecule has 1 fully saturated rings. The SMILES string of the molecule is O=C(c1ccc2nc(C(F)(F)F)cn2c1)N1CCCCCC1. The van der Waals surface area contributed by atoms with Crippen LogP contribution in [0.4, 0.5) is 13.2 Å². The Morgan fingerprint density at radius 3 is 2.36 bits per heavy atom. The second kappa shape index (κ2) is 5.62. The number of alkyl halides is 3. The van der Waals surface area contributed by atoms with Crippen LogP contribution in [0.3, 0.4) is 0 Å². The van der Waals surface area contributed by atoms with Gasteiger partial charge in [0.1, 0.15) is 5.65 Å². The number of carbonyl (C=O) groups excluding carboxylic acids is 1. The zero-order valence-corrected chi connectivity index (χ0v) is 11.9. The van der Waals surface area contributed by atoms with E-state index in [0.29, 0.717) is 18.7 Å². The Labute approximate surface area is 125 Å². The van der Waals surface area contributed by atoms with Crippen molar-refractivity contribution in [2.75, 3.05) is 13.1 Å². The quantitative estimate of drug-likeness (QED) is 0.810. The second-order valence-corrected chi connectivity index (χ2v) is 5.51. The van der Waals surface area contributed by atoms with Crippen LogP contribution >= 0.6 is 0 Å². The van der Waals surface area contributed by atoms with Crippen LogP contribution in [0.2, 0.25) is 0 Å². The molecule has 4 nitrogen and oxygen atoms in total. The van der Waals surface area contributed by atoms with Gasteiger partial charge in [0.05, 0.1) is 5.56 Å². The molecule has 1 aliphatic heterocycles. The van der Waals surface area contributed by atoms with Gasteiger partial charge in [-0.15, -0.1) is 0 Å². The zero-order chi connectivity index (χ0) is 15.7. The largest absolute Gasteiger partial charge is 0.434 e. The third kappa shape index (κ3) is 2.93. The molecule has 0 N–H and O–H groups in total. The average Bonchev–Trinajstić information content (AvgIpc) is 2.72. The normalized spacial score (nSPS) is 16.8. The fraction of sp³-hybridized carbons (Fsp3) is 0.467. The summed E-state index contributed by atoms with van der Waals surface area (Å²) >= 11 is 0. The summed E-state index contributed by atoms with van der Waals surface area (Å²) in [6, 6.07) is 2.98. The van der Waals surface area contributed by atoms with Gasteiger partial charge >= 0.3 is 6.18 Å². The summed E-state index contributed by atoms with van der Waals surface area (Å²) in [4.78, 5) is 17.8. The Balaban J connectivity index is 1.89. The van der Waals surface area contributed by atoms with Gasteiger partial charge in [-0.1, -0.05) is 12.8 Å². The molecule has 1 saturated heterocycles. The molecule has 2 aromatic rings. The van der Waals surface area contributed by atoms with E-state index in [2.05, 4.69) is 4.98 Å². The van der Waals surface area contributed by atoms with Crippen molar-refractivity contribution < 1.29 is 18.0 Å². The Bertz CT molecular complexity index is 685. The van der Waals surface area contributed by atoms with Gasteiger partial charge in [-0.2, -0.15) is 13.2 Å². The molecule has 0 aromatic carbocycles. The van der Waals surface area contributed by atoms with Crippen LogP contribution in [0.25, 0.3) is 5.65 Å². The van der Waals surface area contributed by atoms with Crippen LogP contribution in [0.5, 0.6) is 0 Å². The second-order valence-electron chi connectivity index (χ2n) is 5.51. The van der Waals surface area contributed by atoms with Gasteiger partial charge in [0.25, 0.3) is 5.91 Å². The average molecular weight is 311 g/mol. The molecule has 0 radical (unpaired) electrons. The first-order chi connectivity index (χ1) is 10.4. The third-order valence-electron chi connectivity index (χ3n) is 3.88. The highest BCUT2D eigenvalue weighted by Crippen LogP contribution is 2.28. The van der Waals surface area contributed by atoms with E-state index >= 15 is 0 Å². The van der Waals surface area contributed by atoms with Crippen LogP contribution in [-0.2, 0) is 6.18 Å². The predicted molar refractivity (Wildman–Crippen MR) is 74.6 cm³/mol. The number of aromatic nitrogens is 2. The molecule has 0 bridgehead atoms. The van der Waals surface area contributed by atoms with Gasteiger partial charge in [0.15, 0.2) is 5.69 Å². The molecular formula is C15H16F3N3O. The maximum atomic E-state index is 12.7. The summed E-state index contributed by atoms with van der Waals surface area (Å²) in [5, 5.41) is 0. The fourth-order valence-electron chi connectivity index (χ4n) is 2.71. The summed E-state index contributed by atoms with van der Waals surface area (Å²) in [7, 11) is 0. The van der Waals surface area contributed by atoms with Crippen LogP contribution in [0, 0.1) is 0 Å². The van der Waals surface area contributed by atoms with Crippen LogP contribution < -0.4 is 0 Å². The summed E-state index contributed by atoms with van der Waals surface area (Å²) in [6.07, 6.45) is 2.01. The smallest absolute Gasteiger partial charge is 0.339 e. The molecule has 0 spiro atoms. The standard InChI is InChI=1S/C15H16F3N3O/c16-15(17,18)12-10-21-9-11(5-6-13(21)19-12)14(22)20-7-3-1-2-4-8-20/h5-6,9-10H,1-4,7-8H2. The van der Waals surface area contributed by atoms with Crippen molar-refractivity contribution in [3.63, 3.8) is 0 Å². The summed E-state index contributed by atoms with van der Waals surface area (Å²) in [5.41, 5.74) is -0.382. The molecule has 3 heterocycles. The lowest BCUT2D eigenvalue weighted by Gasteiger charge is -2.20. The lowest BCUT2D eigenvalue weighted by Crippen LogP contribution is -2.31. The first-order valence-electron chi connectivity index (χ1n) is 7.30. The Morgan fingerprint density at radius 2 is 1.73 bits per heavy atom. The third-order valence-corrected chi connectivity index (χ3v) is 3.88. The van der Waals surface area contributed by atoms with Gasteiger partial charge in [-0.25, -0.2) is 4.98 Å². The van der Waals surface area contributed by atoms with E-state index in [-0.39, 0.29) is 11.6 Å². The summed E-state index contributed by atoms with van der Waals surface area (Å²) in [6.45, 7) is 1.41. The number of carbonyl (C=O) groups is 1. The highest BCUT2D eigenvalue weighted by Gasteiger charge is 2.34. The minimum Gasteiger partial charge on any atom is -0.339 e. The van der Waals surface area contributed by atoms with Crippen molar-refractivity contribution in [3.8, 4) is 0 Å². The van der Waals surface area contributed by atoms with Gasteiger partial charge in [0, 0.05) is 25.5 Å². The van der Waals surface area contributed by atoms with Crippen molar-refractivity contribution in [2.45, 2.75) is 31.9 Å². The van der Waals surface area contributed by atoms with Gasteiger partial charge in [-0.05, 0) is 25.0 Å². The summed E-state index contributed by atoms with van der Waals surface area (Å²) in [5.74, 6) is -0.133. The molecule has 3 rings (SSSR count). The maximum Gasteiger partial charge on any atom is 0.434 e. The van der Waals surface area contributed by atoms with Crippen molar-refractivity contribution in [1.29, 1.82) is 0 Å². The molecule has 1 aliphatic rings. The summed E-state index contributed by atoms with van der Waals surface area (Å²) < 4.78 is 39.3. The monoisotopic (exact) mass is 311 g/mol. The Morgan fingerprint density at radius 1 is 1.05 bits per heavy atom. The highest BCUT2D eigenvalue weighted by atomic mass is 19.4. The first kappa shape index (κ1) is 14.9. The van der Waals surface area contributed by atoms with Gasteiger partial charge in [-0.3, -0.25) is 4.79 Å². The molecule has 0 atom stereocenters. The van der Waals surface area contributed by atoms with Crippen molar-refractivity contribution >= 4 is 11.6 Å². The minimum atomic E-state index is -4.49. The van der Waals surface area contributed by atoms with Crippen LogP contribution in [0.15, 0.2) is 24.5 Å². The van der Waals surface area contributed by atoms with Gasteiger partial charge in [0.2, 0.25) is 0 Å². The number of hydrogen-bond acceptors (Lipinski definition) is 2. The molecular weight excluding hydrogens is 295 g/mol. The molecule has 2 aromatic heterocycles. The number of likely N-dealkylation sites (tertiary alicyclic amines) is 1. The molecule has 118 valence electrons. The number of amides is 1.